The molecule has 4 rings (SSSR count). The monoisotopic (exact) mass is 405 g/mol. The number of carbonyl (C=O) groups is 2. The summed E-state index contributed by atoms with van der Waals surface area (Å²) in [7, 11) is -4.28. The third kappa shape index (κ3) is 3.26. The first-order valence-corrected chi connectivity index (χ1v) is 10.0. The molecule has 2 amide bonds. The number of fused-ring (bicyclic) bond motifs is 1. The fourth-order valence-corrected chi connectivity index (χ4v) is 4.38. The quantitative estimate of drug-likeness (QED) is 0.813. The number of cyclic esters (lactones) is 1. The Balaban J connectivity index is 1.70. The van der Waals surface area contributed by atoms with Crippen LogP contribution in [0.25, 0.3) is 0 Å². The van der Waals surface area contributed by atoms with E-state index in [1.165, 1.54) is 17.0 Å². The molecular weight excluding hydrogens is 389 g/mol. The lowest BCUT2D eigenvalue weighted by Crippen LogP contribution is -2.26. The average molecular weight is 405 g/mol. The van der Waals surface area contributed by atoms with Crippen molar-refractivity contribution in [3.63, 3.8) is 0 Å². The highest BCUT2D eigenvalue weighted by atomic mass is 32.2. The number of carbonyl (C=O) groups excluding carboxylic acids is 2. The minimum Gasteiger partial charge on any atom is -0.447 e. The van der Waals surface area contributed by atoms with Crippen molar-refractivity contribution < 1.29 is 27.1 Å². The highest BCUT2D eigenvalue weighted by Gasteiger charge is 2.29. The Labute approximate surface area is 160 Å². The first-order chi connectivity index (χ1) is 13.3. The van der Waals surface area contributed by atoms with Gasteiger partial charge in [0.15, 0.2) is 0 Å². The van der Waals surface area contributed by atoms with Crippen LogP contribution >= 0.6 is 0 Å². The Bertz CT molecular complexity index is 1090. The van der Waals surface area contributed by atoms with Crippen LogP contribution in [0.1, 0.15) is 12.0 Å². The van der Waals surface area contributed by atoms with Crippen LogP contribution in [0.15, 0.2) is 41.3 Å². The number of anilines is 3. The van der Waals surface area contributed by atoms with E-state index in [-0.39, 0.29) is 36.9 Å². The van der Waals surface area contributed by atoms with Crippen LogP contribution < -0.4 is 14.9 Å². The number of aryl methyl sites for hydroxylation is 1. The molecule has 2 aromatic carbocycles. The van der Waals surface area contributed by atoms with Gasteiger partial charge in [-0.25, -0.2) is 17.6 Å². The van der Waals surface area contributed by atoms with Gasteiger partial charge in [-0.2, -0.15) is 0 Å². The topological polar surface area (TPSA) is 105 Å². The zero-order chi connectivity index (χ0) is 19.9. The molecule has 1 fully saturated rings. The number of hydrogen-bond donors (Lipinski definition) is 2. The summed E-state index contributed by atoms with van der Waals surface area (Å²) in [5.74, 6) is -1.22. The van der Waals surface area contributed by atoms with Crippen LogP contribution in [-0.2, 0) is 26.0 Å². The maximum atomic E-state index is 14.5. The zero-order valence-corrected chi connectivity index (χ0v) is 15.4. The van der Waals surface area contributed by atoms with E-state index < -0.39 is 26.8 Å². The summed E-state index contributed by atoms with van der Waals surface area (Å²) in [6.07, 6.45) is -0.0617. The van der Waals surface area contributed by atoms with Crippen LogP contribution in [-0.4, -0.2) is 33.6 Å². The number of rotatable bonds is 4. The number of nitrogens with zero attached hydrogens (tertiary/aromatic N) is 1. The molecule has 146 valence electrons. The Kier molecular flexibility index (Phi) is 4.42. The van der Waals surface area contributed by atoms with Crippen LogP contribution in [0.4, 0.5) is 26.2 Å². The highest BCUT2D eigenvalue weighted by molar-refractivity contribution is 7.92. The van der Waals surface area contributed by atoms with Crippen molar-refractivity contribution in [3.05, 3.63) is 47.8 Å². The van der Waals surface area contributed by atoms with Crippen molar-refractivity contribution in [3.8, 4) is 0 Å². The normalized spacial score (nSPS) is 16.4. The molecule has 0 atom stereocenters. The predicted octanol–water partition coefficient (Wildman–Crippen LogP) is 2.47. The standard InChI is InChI=1S/C18H16FN3O5S/c19-12-10-14-11(5-6-17(23)20-14)9-16(12)28(25,26)21-13-3-1-2-4-15(13)22-7-8-27-18(22)24/h1-4,9-10,21H,5-8H2,(H,20,23). The molecule has 2 heterocycles. The summed E-state index contributed by atoms with van der Waals surface area (Å²) < 4.78 is 47.5. The van der Waals surface area contributed by atoms with Gasteiger partial charge in [0, 0.05) is 12.1 Å². The summed E-state index contributed by atoms with van der Waals surface area (Å²) in [4.78, 5) is 24.1. The van der Waals surface area contributed by atoms with Crippen molar-refractivity contribution in [2.24, 2.45) is 0 Å². The van der Waals surface area contributed by atoms with Crippen molar-refractivity contribution in [2.75, 3.05) is 28.1 Å². The van der Waals surface area contributed by atoms with Gasteiger partial charge in [0.2, 0.25) is 5.91 Å². The number of hydrogen-bond acceptors (Lipinski definition) is 5. The first-order valence-electron chi connectivity index (χ1n) is 8.53. The summed E-state index contributed by atoms with van der Waals surface area (Å²) >= 11 is 0. The Morgan fingerprint density at radius 3 is 2.68 bits per heavy atom. The number of halogens is 1. The molecule has 0 unspecified atom stereocenters. The summed E-state index contributed by atoms with van der Waals surface area (Å²) in [6, 6.07) is 8.53. The van der Waals surface area contributed by atoms with Crippen molar-refractivity contribution in [1.82, 2.24) is 0 Å². The molecule has 8 nitrogen and oxygen atoms in total. The van der Waals surface area contributed by atoms with E-state index in [0.29, 0.717) is 17.7 Å². The number of para-hydroxylation sites is 2. The minimum atomic E-state index is -4.28. The summed E-state index contributed by atoms with van der Waals surface area (Å²) in [6.45, 7) is 0.482. The number of nitrogens with one attached hydrogen (secondary N) is 2. The van der Waals surface area contributed by atoms with Gasteiger partial charge >= 0.3 is 6.09 Å². The number of ether oxygens (including phenoxy) is 1. The van der Waals surface area contributed by atoms with E-state index in [4.69, 9.17) is 4.74 Å². The zero-order valence-electron chi connectivity index (χ0n) is 14.6. The molecule has 2 aliphatic heterocycles. The molecule has 0 spiro atoms. The molecule has 2 aromatic rings. The molecule has 28 heavy (non-hydrogen) atoms. The van der Waals surface area contributed by atoms with Gasteiger partial charge in [-0.05, 0) is 36.2 Å². The summed E-state index contributed by atoms with van der Waals surface area (Å²) in [5, 5.41) is 2.53. The van der Waals surface area contributed by atoms with Crippen LogP contribution in [0.3, 0.4) is 0 Å². The highest BCUT2D eigenvalue weighted by Crippen LogP contribution is 2.32. The lowest BCUT2D eigenvalue weighted by molar-refractivity contribution is -0.116. The average Bonchev–Trinajstić information content (AvgIpc) is 3.07. The molecular formula is C18H16FN3O5S. The van der Waals surface area contributed by atoms with Gasteiger partial charge in [0.25, 0.3) is 10.0 Å². The molecule has 10 heteroatoms. The molecule has 0 radical (unpaired) electrons. The van der Waals surface area contributed by atoms with Gasteiger partial charge in [-0.15, -0.1) is 0 Å². The van der Waals surface area contributed by atoms with Crippen LogP contribution in [0.2, 0.25) is 0 Å². The number of amides is 2. The number of sulfonamides is 1. The predicted molar refractivity (Wildman–Crippen MR) is 99.3 cm³/mol. The van der Waals surface area contributed by atoms with Gasteiger partial charge in [-0.1, -0.05) is 12.1 Å². The third-order valence-corrected chi connectivity index (χ3v) is 5.92. The van der Waals surface area contributed by atoms with E-state index in [9.17, 15) is 22.4 Å². The van der Waals surface area contributed by atoms with E-state index in [2.05, 4.69) is 10.0 Å². The minimum absolute atomic E-state index is 0.131. The van der Waals surface area contributed by atoms with Gasteiger partial charge in [0.1, 0.15) is 17.3 Å². The van der Waals surface area contributed by atoms with Gasteiger partial charge in [-0.3, -0.25) is 14.4 Å². The second-order valence-corrected chi connectivity index (χ2v) is 8.03. The molecule has 0 saturated carbocycles. The Morgan fingerprint density at radius 2 is 1.93 bits per heavy atom. The second-order valence-electron chi connectivity index (χ2n) is 6.38. The largest absolute Gasteiger partial charge is 0.447 e. The van der Waals surface area contributed by atoms with Gasteiger partial charge in [0.05, 0.1) is 17.9 Å². The molecule has 2 aliphatic rings. The van der Waals surface area contributed by atoms with Crippen molar-refractivity contribution in [1.29, 1.82) is 0 Å². The fourth-order valence-electron chi connectivity index (χ4n) is 3.19. The maximum Gasteiger partial charge on any atom is 0.414 e. The summed E-state index contributed by atoms with van der Waals surface area (Å²) in [5.41, 5.74) is 1.26. The lowest BCUT2D eigenvalue weighted by atomic mass is 10.0. The van der Waals surface area contributed by atoms with E-state index in [1.54, 1.807) is 18.2 Å². The van der Waals surface area contributed by atoms with E-state index in [0.717, 1.165) is 6.07 Å². The van der Waals surface area contributed by atoms with Crippen molar-refractivity contribution >= 4 is 39.1 Å². The Morgan fingerprint density at radius 1 is 1.14 bits per heavy atom. The van der Waals surface area contributed by atoms with E-state index >= 15 is 0 Å². The van der Waals surface area contributed by atoms with Crippen molar-refractivity contribution in [2.45, 2.75) is 17.7 Å². The first kappa shape index (κ1) is 18.2. The van der Waals surface area contributed by atoms with Crippen LogP contribution in [0.5, 0.6) is 0 Å². The molecule has 0 aromatic heterocycles. The van der Waals surface area contributed by atoms with Crippen LogP contribution in [0, 0.1) is 5.82 Å². The third-order valence-electron chi connectivity index (χ3n) is 4.54. The molecule has 0 bridgehead atoms. The molecule has 1 saturated heterocycles. The lowest BCUT2D eigenvalue weighted by Gasteiger charge is -2.20. The van der Waals surface area contributed by atoms with E-state index in [1.807, 2.05) is 0 Å². The maximum absolute atomic E-state index is 14.5. The SMILES string of the molecule is O=C1CCc2cc(S(=O)(=O)Nc3ccccc3N3CCOC3=O)c(F)cc2N1. The smallest absolute Gasteiger partial charge is 0.414 e. The fraction of sp³-hybridized carbons (Fsp3) is 0.222. The second kappa shape index (κ2) is 6.79. The number of benzene rings is 2. The Hall–Kier alpha value is -3.14. The molecule has 2 N–H and O–H groups in total. The van der Waals surface area contributed by atoms with Gasteiger partial charge < -0.3 is 10.1 Å². The molecule has 0 aliphatic carbocycles.